The molecule has 1 aromatic rings. The Labute approximate surface area is 134 Å². The molecule has 2 aliphatic heterocycles. The lowest BCUT2D eigenvalue weighted by Gasteiger charge is -2.27. The van der Waals surface area contributed by atoms with Gasteiger partial charge in [-0.1, -0.05) is 12.1 Å². The molecule has 1 N–H and O–H groups in total. The van der Waals surface area contributed by atoms with Crippen LogP contribution in [0.15, 0.2) is 24.3 Å². The van der Waals surface area contributed by atoms with E-state index in [1.165, 1.54) is 27.4 Å². The first-order valence-electron chi connectivity index (χ1n) is 7.40. The molecule has 3 rings (SSSR count). The summed E-state index contributed by atoms with van der Waals surface area (Å²) in [5, 5.41) is 0. The predicted molar refractivity (Wildman–Crippen MR) is 81.6 cm³/mol. The number of benzene rings is 1. The van der Waals surface area contributed by atoms with Crippen LogP contribution in [-0.4, -0.2) is 57.5 Å². The maximum absolute atomic E-state index is 13.8. The Balaban J connectivity index is 1.71. The average Bonchev–Trinajstić information content (AvgIpc) is 2.89. The number of amides is 1. The van der Waals surface area contributed by atoms with Crippen molar-refractivity contribution < 1.29 is 22.3 Å². The predicted octanol–water partition coefficient (Wildman–Crippen LogP) is 0.0976. The number of carbonyl (C=O) groups is 1. The van der Waals surface area contributed by atoms with Crippen molar-refractivity contribution in [1.82, 2.24) is 9.03 Å². The highest BCUT2D eigenvalue weighted by Crippen LogP contribution is 2.24. The van der Waals surface area contributed by atoms with Crippen molar-refractivity contribution in [3.63, 3.8) is 0 Å². The molecule has 9 heteroatoms. The summed E-state index contributed by atoms with van der Waals surface area (Å²) in [5.74, 6) is -0.940. The largest absolute Gasteiger partial charge is 0.379 e. The molecule has 0 spiro atoms. The van der Waals surface area contributed by atoms with E-state index in [1.54, 1.807) is 6.07 Å². The van der Waals surface area contributed by atoms with Gasteiger partial charge in [-0.3, -0.25) is 4.79 Å². The average molecular weight is 343 g/mol. The molecule has 23 heavy (non-hydrogen) atoms. The van der Waals surface area contributed by atoms with Crippen LogP contribution < -0.4 is 9.62 Å². The highest BCUT2D eigenvalue weighted by molar-refractivity contribution is 7.87. The van der Waals surface area contributed by atoms with Gasteiger partial charge in [0.25, 0.3) is 10.2 Å². The minimum atomic E-state index is -3.75. The van der Waals surface area contributed by atoms with Crippen LogP contribution in [0, 0.1) is 5.82 Å². The van der Waals surface area contributed by atoms with E-state index in [9.17, 15) is 17.6 Å². The first-order chi connectivity index (χ1) is 11.0. The van der Waals surface area contributed by atoms with Crippen molar-refractivity contribution in [3.8, 4) is 0 Å². The third-order valence-electron chi connectivity index (χ3n) is 3.95. The van der Waals surface area contributed by atoms with E-state index in [4.69, 9.17) is 4.74 Å². The summed E-state index contributed by atoms with van der Waals surface area (Å²) in [5.41, 5.74) is 0.172. The van der Waals surface area contributed by atoms with Gasteiger partial charge in [0.2, 0.25) is 5.91 Å². The highest BCUT2D eigenvalue weighted by Gasteiger charge is 2.38. The van der Waals surface area contributed by atoms with E-state index >= 15 is 0 Å². The number of ether oxygens (including phenoxy) is 1. The molecule has 1 atom stereocenters. The minimum absolute atomic E-state index is 0.172. The molecule has 0 bridgehead atoms. The fraction of sp³-hybridized carbons (Fsp3) is 0.500. The maximum atomic E-state index is 13.8. The monoisotopic (exact) mass is 343 g/mol. The second kappa shape index (κ2) is 6.52. The molecule has 7 nitrogen and oxygen atoms in total. The molecule has 2 aliphatic rings. The van der Waals surface area contributed by atoms with Crippen LogP contribution >= 0.6 is 0 Å². The summed E-state index contributed by atoms with van der Waals surface area (Å²) in [6.45, 7) is 1.46. The molecule has 2 saturated heterocycles. The van der Waals surface area contributed by atoms with Crippen molar-refractivity contribution in [2.45, 2.75) is 12.5 Å². The summed E-state index contributed by atoms with van der Waals surface area (Å²) in [7, 11) is -3.75. The van der Waals surface area contributed by atoms with Gasteiger partial charge in [-0.25, -0.2) is 4.39 Å². The fourth-order valence-electron chi connectivity index (χ4n) is 2.74. The molecule has 0 radical (unpaired) electrons. The first kappa shape index (κ1) is 16.3. The van der Waals surface area contributed by atoms with E-state index in [0.717, 1.165) is 0 Å². The standard InChI is InChI=1S/C14H18FN3O4S/c15-11-3-1-2-4-13(11)18-6-5-12(14(18)19)16-23(20,21)17-7-9-22-10-8-17/h1-4,12,16H,5-10H2. The van der Waals surface area contributed by atoms with E-state index in [2.05, 4.69) is 4.72 Å². The molecular formula is C14H18FN3O4S. The molecule has 1 aromatic carbocycles. The van der Waals surface area contributed by atoms with Crippen LogP contribution in [0.1, 0.15) is 6.42 Å². The van der Waals surface area contributed by atoms with Gasteiger partial charge in [0.15, 0.2) is 0 Å². The molecule has 2 fully saturated rings. The summed E-state index contributed by atoms with van der Waals surface area (Å²) in [6, 6.07) is 5.08. The molecule has 126 valence electrons. The number of hydrogen-bond acceptors (Lipinski definition) is 4. The Morgan fingerprint density at radius 1 is 1.17 bits per heavy atom. The van der Waals surface area contributed by atoms with Crippen molar-refractivity contribution in [1.29, 1.82) is 0 Å². The van der Waals surface area contributed by atoms with Crippen LogP contribution in [0.25, 0.3) is 0 Å². The van der Waals surface area contributed by atoms with Crippen molar-refractivity contribution in [2.24, 2.45) is 0 Å². The van der Waals surface area contributed by atoms with Crippen molar-refractivity contribution in [3.05, 3.63) is 30.1 Å². The number of hydrogen-bond donors (Lipinski definition) is 1. The number of anilines is 1. The topological polar surface area (TPSA) is 79.0 Å². The third kappa shape index (κ3) is 3.37. The Hall–Kier alpha value is -1.55. The van der Waals surface area contributed by atoms with Crippen molar-refractivity contribution in [2.75, 3.05) is 37.7 Å². The number of carbonyl (C=O) groups excluding carboxylic acids is 1. The molecule has 1 amide bonds. The Bertz CT molecular complexity index is 691. The summed E-state index contributed by atoms with van der Waals surface area (Å²) in [6.07, 6.45) is 0.302. The first-order valence-corrected chi connectivity index (χ1v) is 8.84. The zero-order valence-corrected chi connectivity index (χ0v) is 13.3. The Morgan fingerprint density at radius 3 is 2.57 bits per heavy atom. The second-order valence-corrected chi connectivity index (χ2v) is 7.12. The van der Waals surface area contributed by atoms with Crippen LogP contribution in [0.3, 0.4) is 0 Å². The van der Waals surface area contributed by atoms with Crippen LogP contribution in [0.5, 0.6) is 0 Å². The maximum Gasteiger partial charge on any atom is 0.280 e. The summed E-state index contributed by atoms with van der Waals surface area (Å²) < 4.78 is 47.2. The van der Waals surface area contributed by atoms with E-state index in [0.29, 0.717) is 19.6 Å². The Kier molecular flexibility index (Phi) is 4.62. The molecular weight excluding hydrogens is 325 g/mol. The number of para-hydroxylation sites is 1. The molecule has 0 saturated carbocycles. The van der Waals surface area contributed by atoms with Crippen LogP contribution in [-0.2, 0) is 19.7 Å². The smallest absolute Gasteiger partial charge is 0.280 e. The lowest BCUT2D eigenvalue weighted by Crippen LogP contribution is -2.51. The number of halogens is 1. The quantitative estimate of drug-likeness (QED) is 0.841. The van der Waals surface area contributed by atoms with Crippen LogP contribution in [0.2, 0.25) is 0 Å². The fourth-order valence-corrected chi connectivity index (χ4v) is 4.10. The van der Waals surface area contributed by atoms with Gasteiger partial charge in [-0.05, 0) is 18.6 Å². The van der Waals surface area contributed by atoms with E-state index in [-0.39, 0.29) is 25.3 Å². The van der Waals surface area contributed by atoms with Gasteiger partial charge in [0.05, 0.1) is 18.9 Å². The van der Waals surface area contributed by atoms with Gasteiger partial charge < -0.3 is 9.64 Å². The zero-order chi connectivity index (χ0) is 16.4. The lowest BCUT2D eigenvalue weighted by atomic mass is 10.2. The number of rotatable bonds is 4. The van der Waals surface area contributed by atoms with Gasteiger partial charge in [0, 0.05) is 19.6 Å². The highest BCUT2D eigenvalue weighted by atomic mass is 32.2. The van der Waals surface area contributed by atoms with E-state index < -0.39 is 28.0 Å². The molecule has 2 heterocycles. The Morgan fingerprint density at radius 2 is 1.87 bits per heavy atom. The third-order valence-corrected chi connectivity index (χ3v) is 5.58. The van der Waals surface area contributed by atoms with E-state index in [1.807, 2.05) is 0 Å². The van der Waals surface area contributed by atoms with Gasteiger partial charge in [0.1, 0.15) is 11.9 Å². The van der Waals surface area contributed by atoms with Gasteiger partial charge in [-0.15, -0.1) is 0 Å². The number of nitrogens with zero attached hydrogens (tertiary/aromatic N) is 2. The minimum Gasteiger partial charge on any atom is -0.379 e. The number of nitrogens with one attached hydrogen (secondary N) is 1. The number of morpholine rings is 1. The SMILES string of the molecule is O=C1C(NS(=O)(=O)N2CCOCC2)CCN1c1ccccc1F. The molecule has 0 aromatic heterocycles. The van der Waals surface area contributed by atoms with Crippen molar-refractivity contribution >= 4 is 21.8 Å². The van der Waals surface area contributed by atoms with Gasteiger partial charge in [-0.2, -0.15) is 17.4 Å². The normalized spacial score (nSPS) is 23.4. The van der Waals surface area contributed by atoms with Gasteiger partial charge >= 0.3 is 0 Å². The summed E-state index contributed by atoms with van der Waals surface area (Å²) in [4.78, 5) is 13.7. The molecule has 1 unspecified atom stereocenters. The molecule has 0 aliphatic carbocycles. The van der Waals surface area contributed by atoms with Crippen LogP contribution in [0.4, 0.5) is 10.1 Å². The zero-order valence-electron chi connectivity index (χ0n) is 12.4. The second-order valence-electron chi connectivity index (χ2n) is 5.42. The lowest BCUT2D eigenvalue weighted by molar-refractivity contribution is -0.118. The summed E-state index contributed by atoms with van der Waals surface area (Å²) >= 11 is 0.